The minimum Gasteiger partial charge on any atom is -0.439 e. The molecule has 0 radical (unpaired) electrons. The van der Waals surface area contributed by atoms with E-state index in [1.165, 1.54) is 25.3 Å². The summed E-state index contributed by atoms with van der Waals surface area (Å²) in [6.07, 6.45) is 1.50. The van der Waals surface area contributed by atoms with Gasteiger partial charge in [-0.05, 0) is 31.2 Å². The molecule has 1 aliphatic heterocycles. The Balaban J connectivity index is 1.59. The number of oxazole rings is 1. The van der Waals surface area contributed by atoms with Crippen LogP contribution >= 0.6 is 23.2 Å². The van der Waals surface area contributed by atoms with Gasteiger partial charge in [-0.2, -0.15) is 0 Å². The molecule has 3 amide bonds. The highest BCUT2D eigenvalue weighted by molar-refractivity contribution is 6.32. The van der Waals surface area contributed by atoms with E-state index in [4.69, 9.17) is 27.6 Å². The van der Waals surface area contributed by atoms with E-state index in [-0.39, 0.29) is 17.5 Å². The summed E-state index contributed by atoms with van der Waals surface area (Å²) in [6, 6.07) is 10.1. The monoisotopic (exact) mass is 433 g/mol. The predicted octanol–water partition coefficient (Wildman–Crippen LogP) is 4.75. The molecule has 9 heteroatoms. The summed E-state index contributed by atoms with van der Waals surface area (Å²) in [6.45, 7) is 1.35. The van der Waals surface area contributed by atoms with Crippen LogP contribution in [0.3, 0.4) is 0 Å². The number of aromatic nitrogens is 1. The number of nitrogens with zero attached hydrogens (tertiary/aromatic N) is 2. The Kier molecular flexibility index (Phi) is 4.80. The Labute approximate surface area is 175 Å². The molecule has 1 fully saturated rings. The molecule has 1 aromatic heterocycles. The van der Waals surface area contributed by atoms with Crippen molar-refractivity contribution in [1.82, 2.24) is 15.2 Å². The highest BCUT2D eigenvalue weighted by Gasteiger charge is 2.50. The molecular formula is C20H14Cl2FN3O3. The molecular weight excluding hydrogens is 420 g/mol. The maximum atomic E-state index is 13.4. The predicted molar refractivity (Wildman–Crippen MR) is 105 cm³/mol. The topological polar surface area (TPSA) is 75.4 Å². The minimum absolute atomic E-state index is 0.0439. The summed E-state index contributed by atoms with van der Waals surface area (Å²) in [7, 11) is 0. The maximum absolute atomic E-state index is 13.4. The van der Waals surface area contributed by atoms with Crippen LogP contribution < -0.4 is 5.32 Å². The zero-order valence-corrected chi connectivity index (χ0v) is 16.6. The van der Waals surface area contributed by atoms with Crippen molar-refractivity contribution in [1.29, 1.82) is 0 Å². The number of rotatable bonds is 4. The van der Waals surface area contributed by atoms with Crippen LogP contribution in [0.5, 0.6) is 0 Å². The Morgan fingerprint density at radius 3 is 2.72 bits per heavy atom. The van der Waals surface area contributed by atoms with Gasteiger partial charge in [0.15, 0.2) is 5.76 Å². The first-order valence-corrected chi connectivity index (χ1v) is 9.34. The third-order valence-electron chi connectivity index (χ3n) is 4.70. The molecule has 1 aliphatic rings. The molecule has 4 rings (SSSR count). The number of benzene rings is 2. The van der Waals surface area contributed by atoms with Crippen molar-refractivity contribution in [3.63, 3.8) is 0 Å². The van der Waals surface area contributed by atoms with Crippen LogP contribution in [0.1, 0.15) is 18.4 Å². The molecule has 1 saturated heterocycles. The van der Waals surface area contributed by atoms with Gasteiger partial charge < -0.3 is 9.73 Å². The maximum Gasteiger partial charge on any atom is 0.325 e. The Morgan fingerprint density at radius 1 is 1.21 bits per heavy atom. The van der Waals surface area contributed by atoms with Crippen LogP contribution in [0.4, 0.5) is 9.18 Å². The Hall–Kier alpha value is -2.90. The van der Waals surface area contributed by atoms with Gasteiger partial charge in [-0.15, -0.1) is 0 Å². The van der Waals surface area contributed by atoms with Gasteiger partial charge in [0.05, 0.1) is 6.20 Å². The van der Waals surface area contributed by atoms with E-state index in [1.807, 2.05) is 0 Å². The van der Waals surface area contributed by atoms with E-state index >= 15 is 0 Å². The van der Waals surface area contributed by atoms with Crippen LogP contribution in [-0.4, -0.2) is 21.8 Å². The van der Waals surface area contributed by atoms with Crippen molar-refractivity contribution in [2.45, 2.75) is 19.0 Å². The van der Waals surface area contributed by atoms with Crippen LogP contribution in [0, 0.1) is 5.82 Å². The fourth-order valence-corrected chi connectivity index (χ4v) is 3.76. The number of nitrogens with one attached hydrogen (secondary N) is 1. The molecule has 2 aromatic carbocycles. The number of urea groups is 1. The van der Waals surface area contributed by atoms with Gasteiger partial charge >= 0.3 is 6.03 Å². The quantitative estimate of drug-likeness (QED) is 0.602. The summed E-state index contributed by atoms with van der Waals surface area (Å²) >= 11 is 12.1. The van der Waals surface area contributed by atoms with Crippen LogP contribution in [0.15, 0.2) is 53.1 Å². The molecule has 0 spiro atoms. The Bertz CT molecular complexity index is 1130. The van der Waals surface area contributed by atoms with Gasteiger partial charge in [0.2, 0.25) is 5.89 Å². The van der Waals surface area contributed by atoms with Gasteiger partial charge in [-0.25, -0.2) is 14.2 Å². The third-order valence-corrected chi connectivity index (χ3v) is 5.25. The number of hydrogen-bond donors (Lipinski definition) is 1. The smallest absolute Gasteiger partial charge is 0.325 e. The normalized spacial score (nSPS) is 19.0. The van der Waals surface area contributed by atoms with Gasteiger partial charge in [-0.3, -0.25) is 9.69 Å². The molecule has 0 saturated carbocycles. The zero-order chi connectivity index (χ0) is 20.8. The Morgan fingerprint density at radius 2 is 2.00 bits per heavy atom. The molecule has 148 valence electrons. The SMILES string of the molecule is CC1(c2ccc(F)cc2Cl)NC(=O)N(Cc2ncc(-c3cccc(Cl)c3)o2)C1=O. The van der Waals surface area contributed by atoms with Crippen molar-refractivity contribution in [3.05, 3.63) is 76.0 Å². The molecule has 29 heavy (non-hydrogen) atoms. The number of halogens is 3. The van der Waals surface area contributed by atoms with E-state index in [0.29, 0.717) is 16.3 Å². The lowest BCUT2D eigenvalue weighted by atomic mass is 9.92. The molecule has 1 atom stereocenters. The summed E-state index contributed by atoms with van der Waals surface area (Å²) in [5.41, 5.74) is -0.408. The minimum atomic E-state index is -1.43. The van der Waals surface area contributed by atoms with E-state index in [0.717, 1.165) is 16.5 Å². The molecule has 2 heterocycles. The van der Waals surface area contributed by atoms with E-state index in [1.54, 1.807) is 24.3 Å². The first kappa shape index (κ1) is 19.4. The van der Waals surface area contributed by atoms with Crippen LogP contribution in [0.2, 0.25) is 10.0 Å². The first-order valence-electron chi connectivity index (χ1n) is 8.58. The highest BCUT2D eigenvalue weighted by atomic mass is 35.5. The molecule has 1 unspecified atom stereocenters. The standard InChI is InChI=1S/C20H14Cl2FN3O3/c1-20(14-6-5-13(23)8-15(14)22)18(27)26(19(28)25-20)10-17-24-9-16(29-17)11-3-2-4-12(21)7-11/h2-9H,10H2,1H3,(H,25,28). The van der Waals surface area contributed by atoms with E-state index in [9.17, 15) is 14.0 Å². The number of hydrogen-bond acceptors (Lipinski definition) is 4. The van der Waals surface area contributed by atoms with Crippen molar-refractivity contribution in [3.8, 4) is 11.3 Å². The number of carbonyl (C=O) groups is 2. The average Bonchev–Trinajstić information content (AvgIpc) is 3.21. The lowest BCUT2D eigenvalue weighted by Crippen LogP contribution is -2.41. The number of imide groups is 1. The van der Waals surface area contributed by atoms with Crippen LogP contribution in [0.25, 0.3) is 11.3 Å². The molecule has 1 N–H and O–H groups in total. The fraction of sp³-hybridized carbons (Fsp3) is 0.150. The van der Waals surface area contributed by atoms with Crippen molar-refractivity contribution < 1.29 is 18.4 Å². The van der Waals surface area contributed by atoms with Gasteiger partial charge in [0.1, 0.15) is 17.9 Å². The van der Waals surface area contributed by atoms with Crippen molar-refractivity contribution in [2.75, 3.05) is 0 Å². The lowest BCUT2D eigenvalue weighted by molar-refractivity contribution is -0.131. The summed E-state index contributed by atoms with van der Waals surface area (Å²) < 4.78 is 19.0. The first-order chi connectivity index (χ1) is 13.8. The molecule has 3 aromatic rings. The largest absolute Gasteiger partial charge is 0.439 e. The van der Waals surface area contributed by atoms with E-state index in [2.05, 4.69) is 10.3 Å². The van der Waals surface area contributed by atoms with Gasteiger partial charge in [-0.1, -0.05) is 41.4 Å². The summed E-state index contributed by atoms with van der Waals surface area (Å²) in [5.74, 6) is -0.445. The molecule has 0 bridgehead atoms. The van der Waals surface area contributed by atoms with E-state index < -0.39 is 23.3 Å². The van der Waals surface area contributed by atoms with Gasteiger partial charge in [0, 0.05) is 21.2 Å². The fourth-order valence-electron chi connectivity index (χ4n) is 3.21. The summed E-state index contributed by atoms with van der Waals surface area (Å²) in [5, 5.41) is 3.20. The van der Waals surface area contributed by atoms with Crippen LogP contribution in [-0.2, 0) is 16.9 Å². The zero-order valence-electron chi connectivity index (χ0n) is 15.1. The summed E-state index contributed by atoms with van der Waals surface area (Å²) in [4.78, 5) is 30.6. The molecule has 0 aliphatic carbocycles. The lowest BCUT2D eigenvalue weighted by Gasteiger charge is -2.23. The average molecular weight is 434 g/mol. The van der Waals surface area contributed by atoms with Crippen molar-refractivity contribution >= 4 is 35.1 Å². The van der Waals surface area contributed by atoms with Crippen molar-refractivity contribution in [2.24, 2.45) is 0 Å². The number of carbonyl (C=O) groups excluding carboxylic acids is 2. The van der Waals surface area contributed by atoms with Gasteiger partial charge in [0.25, 0.3) is 5.91 Å². The second-order valence-electron chi connectivity index (χ2n) is 6.70. The number of amides is 3. The molecule has 6 nitrogen and oxygen atoms in total. The highest BCUT2D eigenvalue weighted by Crippen LogP contribution is 2.34. The second kappa shape index (κ2) is 7.17. The third kappa shape index (κ3) is 3.47. The second-order valence-corrected chi connectivity index (χ2v) is 7.54.